The molecule has 1 aliphatic rings. The normalized spacial score (nSPS) is 18.7. The second-order valence-electron chi connectivity index (χ2n) is 6.77. The first-order chi connectivity index (χ1) is 12.6. The number of rotatable bonds is 2. The molecule has 2 unspecified atom stereocenters. The lowest BCUT2D eigenvalue weighted by Crippen LogP contribution is -2.31. The molecule has 0 aliphatic carbocycles. The fourth-order valence-corrected chi connectivity index (χ4v) is 3.57. The van der Waals surface area contributed by atoms with E-state index in [9.17, 15) is 5.26 Å². The lowest BCUT2D eigenvalue weighted by molar-refractivity contribution is 0.450. The Morgan fingerprint density at radius 3 is 2.50 bits per heavy atom. The van der Waals surface area contributed by atoms with Gasteiger partial charge in [-0.05, 0) is 22.4 Å². The van der Waals surface area contributed by atoms with Gasteiger partial charge in [-0.25, -0.2) is 0 Å². The first-order valence-electron chi connectivity index (χ1n) is 8.54. The van der Waals surface area contributed by atoms with Crippen LogP contribution < -0.4 is 9.64 Å². The summed E-state index contributed by atoms with van der Waals surface area (Å²) in [4.78, 5) is 1.99. The number of fused-ring (bicyclic) bond motifs is 2. The van der Waals surface area contributed by atoms with Gasteiger partial charge in [0.2, 0.25) is 5.90 Å². The highest BCUT2D eigenvalue weighted by Crippen LogP contribution is 2.43. The summed E-state index contributed by atoms with van der Waals surface area (Å²) in [5.41, 5.74) is 2.99. The van der Waals surface area contributed by atoms with E-state index in [0.29, 0.717) is 5.75 Å². The molecule has 128 valence electrons. The maximum atomic E-state index is 9.70. The molecule has 4 nitrogen and oxygen atoms in total. The Labute approximate surface area is 152 Å². The minimum absolute atomic E-state index is 0.00839. The summed E-state index contributed by atoms with van der Waals surface area (Å²) in [6.45, 7) is 0. The third-order valence-corrected chi connectivity index (χ3v) is 4.96. The molecule has 26 heavy (non-hydrogen) atoms. The van der Waals surface area contributed by atoms with Crippen molar-refractivity contribution in [3.63, 3.8) is 0 Å². The fourth-order valence-electron chi connectivity index (χ4n) is 3.57. The predicted molar refractivity (Wildman–Crippen MR) is 104 cm³/mol. The van der Waals surface area contributed by atoms with Gasteiger partial charge in [0.1, 0.15) is 11.7 Å². The zero-order valence-electron chi connectivity index (χ0n) is 14.7. The summed E-state index contributed by atoms with van der Waals surface area (Å²) in [7, 11) is 3.93. The highest BCUT2D eigenvalue weighted by molar-refractivity contribution is 5.87. The standard InChI is InChI=1S/C22H19N3O/c1-25(2)17-9-10-18-20(12-17)26-22(24)19(13-23)21(18)16-8-7-14-5-3-4-6-15(14)11-16/h3-12,19,21,24H,1-2H3. The van der Waals surface area contributed by atoms with E-state index in [1.165, 1.54) is 0 Å². The van der Waals surface area contributed by atoms with Crippen molar-refractivity contribution >= 4 is 22.4 Å². The Hall–Kier alpha value is -3.32. The van der Waals surface area contributed by atoms with E-state index >= 15 is 0 Å². The second kappa shape index (κ2) is 6.20. The summed E-state index contributed by atoms with van der Waals surface area (Å²) >= 11 is 0. The predicted octanol–water partition coefficient (Wildman–Crippen LogP) is 4.55. The number of benzene rings is 3. The van der Waals surface area contributed by atoms with Crippen molar-refractivity contribution in [1.82, 2.24) is 0 Å². The van der Waals surface area contributed by atoms with Crippen molar-refractivity contribution in [1.29, 1.82) is 10.7 Å². The zero-order valence-corrected chi connectivity index (χ0v) is 14.7. The molecule has 1 aliphatic heterocycles. The molecule has 0 amide bonds. The molecule has 0 saturated carbocycles. The average molecular weight is 341 g/mol. The van der Waals surface area contributed by atoms with Crippen LogP contribution in [0.4, 0.5) is 5.69 Å². The minimum atomic E-state index is -0.631. The average Bonchev–Trinajstić information content (AvgIpc) is 2.66. The third-order valence-electron chi connectivity index (χ3n) is 4.96. The molecule has 3 aromatic rings. The number of nitrogens with one attached hydrogen (secondary N) is 1. The highest BCUT2D eigenvalue weighted by Gasteiger charge is 2.37. The zero-order chi connectivity index (χ0) is 18.3. The van der Waals surface area contributed by atoms with Crippen LogP contribution >= 0.6 is 0 Å². The van der Waals surface area contributed by atoms with E-state index in [1.54, 1.807) is 0 Å². The van der Waals surface area contributed by atoms with Crippen molar-refractivity contribution in [2.75, 3.05) is 19.0 Å². The van der Waals surface area contributed by atoms with E-state index in [1.807, 2.05) is 49.3 Å². The maximum absolute atomic E-state index is 9.70. The molecule has 1 heterocycles. The Bertz CT molecular complexity index is 1050. The van der Waals surface area contributed by atoms with E-state index < -0.39 is 5.92 Å². The van der Waals surface area contributed by atoms with Crippen LogP contribution in [0, 0.1) is 22.7 Å². The molecule has 0 bridgehead atoms. The van der Waals surface area contributed by atoms with Crippen LogP contribution in [-0.2, 0) is 0 Å². The molecule has 0 spiro atoms. The topological polar surface area (TPSA) is 60.1 Å². The number of nitrogens with zero attached hydrogens (tertiary/aromatic N) is 2. The molecule has 4 rings (SSSR count). The maximum Gasteiger partial charge on any atom is 0.205 e. The van der Waals surface area contributed by atoms with Gasteiger partial charge in [0, 0.05) is 37.3 Å². The Morgan fingerprint density at radius 1 is 1.00 bits per heavy atom. The summed E-state index contributed by atoms with van der Waals surface area (Å²) < 4.78 is 5.70. The lowest BCUT2D eigenvalue weighted by atomic mass is 9.78. The number of anilines is 1. The van der Waals surface area contributed by atoms with Crippen LogP contribution in [0.15, 0.2) is 60.7 Å². The van der Waals surface area contributed by atoms with Crippen LogP contribution in [0.5, 0.6) is 5.75 Å². The first-order valence-corrected chi connectivity index (χ1v) is 8.54. The van der Waals surface area contributed by atoms with Crippen LogP contribution in [0.25, 0.3) is 10.8 Å². The van der Waals surface area contributed by atoms with E-state index in [4.69, 9.17) is 10.1 Å². The van der Waals surface area contributed by atoms with Crippen molar-refractivity contribution in [2.45, 2.75) is 5.92 Å². The van der Waals surface area contributed by atoms with Crippen molar-refractivity contribution in [3.8, 4) is 11.8 Å². The summed E-state index contributed by atoms with van der Waals surface area (Å²) in [6, 6.07) is 22.7. The molecule has 2 atom stereocenters. The molecule has 0 radical (unpaired) electrons. The number of ether oxygens (including phenoxy) is 1. The minimum Gasteiger partial charge on any atom is -0.442 e. The van der Waals surface area contributed by atoms with Crippen molar-refractivity contribution in [2.24, 2.45) is 5.92 Å². The fraction of sp³-hybridized carbons (Fsp3) is 0.182. The molecule has 1 N–H and O–H groups in total. The molecule has 3 aromatic carbocycles. The Morgan fingerprint density at radius 2 is 1.77 bits per heavy atom. The Balaban J connectivity index is 1.89. The molecule has 4 heteroatoms. The van der Waals surface area contributed by atoms with Gasteiger partial charge in [-0.2, -0.15) is 5.26 Å². The van der Waals surface area contributed by atoms with Crippen molar-refractivity contribution < 1.29 is 4.74 Å². The summed E-state index contributed by atoms with van der Waals surface area (Å²) in [5.74, 6) is -0.175. The second-order valence-corrected chi connectivity index (χ2v) is 6.77. The summed E-state index contributed by atoms with van der Waals surface area (Å²) in [5, 5.41) is 20.2. The number of hydrogen-bond donors (Lipinski definition) is 1. The molecule has 0 fully saturated rings. The highest BCUT2D eigenvalue weighted by atomic mass is 16.5. The number of nitriles is 1. The van der Waals surface area contributed by atoms with Crippen LogP contribution in [0.1, 0.15) is 17.0 Å². The van der Waals surface area contributed by atoms with Gasteiger partial charge in [0.05, 0.1) is 6.07 Å². The molecular formula is C22H19N3O. The SMILES string of the molecule is CN(C)c1ccc2c(c1)OC(=N)C(C#N)C2c1ccc2ccccc2c1. The molecule has 0 aromatic heterocycles. The number of hydrogen-bond acceptors (Lipinski definition) is 4. The molecular weight excluding hydrogens is 322 g/mol. The molecule has 0 saturated heterocycles. The van der Waals surface area contributed by atoms with Crippen LogP contribution in [-0.4, -0.2) is 20.0 Å². The van der Waals surface area contributed by atoms with Gasteiger partial charge in [-0.3, -0.25) is 5.41 Å². The van der Waals surface area contributed by atoms with Gasteiger partial charge < -0.3 is 9.64 Å². The van der Waals surface area contributed by atoms with E-state index in [0.717, 1.165) is 27.6 Å². The van der Waals surface area contributed by atoms with Crippen LogP contribution in [0.3, 0.4) is 0 Å². The van der Waals surface area contributed by atoms with E-state index in [-0.39, 0.29) is 11.8 Å². The van der Waals surface area contributed by atoms with Crippen molar-refractivity contribution in [3.05, 3.63) is 71.8 Å². The largest absolute Gasteiger partial charge is 0.442 e. The monoisotopic (exact) mass is 341 g/mol. The van der Waals surface area contributed by atoms with Gasteiger partial charge in [-0.1, -0.05) is 48.5 Å². The van der Waals surface area contributed by atoms with Gasteiger partial charge in [0.15, 0.2) is 0 Å². The van der Waals surface area contributed by atoms with Gasteiger partial charge >= 0.3 is 0 Å². The van der Waals surface area contributed by atoms with Gasteiger partial charge in [-0.15, -0.1) is 0 Å². The first kappa shape index (κ1) is 16.2. The lowest BCUT2D eigenvalue weighted by Gasteiger charge is -2.31. The quantitative estimate of drug-likeness (QED) is 0.744. The third kappa shape index (κ3) is 2.58. The summed E-state index contributed by atoms with van der Waals surface area (Å²) in [6.07, 6.45) is 0. The van der Waals surface area contributed by atoms with Crippen LogP contribution in [0.2, 0.25) is 0 Å². The Kier molecular flexibility index (Phi) is 3.85. The van der Waals surface area contributed by atoms with Gasteiger partial charge in [0.25, 0.3) is 0 Å². The smallest absolute Gasteiger partial charge is 0.205 e. The van der Waals surface area contributed by atoms with E-state index in [2.05, 4.69) is 36.4 Å².